The van der Waals surface area contributed by atoms with Crippen molar-refractivity contribution < 1.29 is 4.79 Å². The summed E-state index contributed by atoms with van der Waals surface area (Å²) in [6.07, 6.45) is 9.99. The molecule has 2 saturated carbocycles. The molecule has 1 amide bonds. The molecular formula is C13H24N2O. The zero-order valence-corrected chi connectivity index (χ0v) is 10.3. The topological polar surface area (TPSA) is 41.1 Å². The van der Waals surface area contributed by atoms with E-state index in [0.717, 1.165) is 0 Å². The van der Waals surface area contributed by atoms with E-state index >= 15 is 0 Å². The van der Waals surface area contributed by atoms with Crippen LogP contribution in [0.3, 0.4) is 0 Å². The minimum atomic E-state index is -0.0244. The molecule has 2 N–H and O–H groups in total. The van der Waals surface area contributed by atoms with Crippen molar-refractivity contribution in [2.75, 3.05) is 0 Å². The molecule has 2 aliphatic rings. The zero-order chi connectivity index (χ0) is 11.4. The van der Waals surface area contributed by atoms with E-state index in [2.05, 4.69) is 10.6 Å². The lowest BCUT2D eigenvalue weighted by atomic mass is 10.2. The van der Waals surface area contributed by atoms with Gasteiger partial charge in [0, 0.05) is 12.1 Å². The fourth-order valence-electron chi connectivity index (χ4n) is 2.92. The Bertz CT molecular complexity index is 230. The van der Waals surface area contributed by atoms with E-state index in [-0.39, 0.29) is 11.9 Å². The second-order valence-corrected chi connectivity index (χ2v) is 5.36. The van der Waals surface area contributed by atoms with Crippen LogP contribution in [0, 0.1) is 0 Å². The lowest BCUT2D eigenvalue weighted by molar-refractivity contribution is -0.123. The van der Waals surface area contributed by atoms with Crippen molar-refractivity contribution >= 4 is 5.91 Å². The highest BCUT2D eigenvalue weighted by Crippen LogP contribution is 2.19. The first kappa shape index (κ1) is 11.9. The maximum absolute atomic E-state index is 11.9. The molecule has 0 bridgehead atoms. The van der Waals surface area contributed by atoms with Gasteiger partial charge < -0.3 is 10.6 Å². The van der Waals surface area contributed by atoms with Crippen LogP contribution in [0.1, 0.15) is 58.3 Å². The predicted octanol–water partition coefficient (Wildman–Crippen LogP) is 1.97. The quantitative estimate of drug-likeness (QED) is 0.766. The lowest BCUT2D eigenvalue weighted by Crippen LogP contribution is -2.48. The lowest BCUT2D eigenvalue weighted by Gasteiger charge is -2.21. The van der Waals surface area contributed by atoms with Crippen LogP contribution in [-0.4, -0.2) is 24.0 Å². The molecule has 16 heavy (non-hydrogen) atoms. The summed E-state index contributed by atoms with van der Waals surface area (Å²) in [5.41, 5.74) is 0. The summed E-state index contributed by atoms with van der Waals surface area (Å²) in [7, 11) is 0. The van der Waals surface area contributed by atoms with Crippen molar-refractivity contribution in [3.63, 3.8) is 0 Å². The zero-order valence-electron chi connectivity index (χ0n) is 10.3. The van der Waals surface area contributed by atoms with Gasteiger partial charge in [0.2, 0.25) is 5.91 Å². The molecule has 0 heterocycles. The SMILES string of the molecule is CC(NC1CCCC1)C(=O)NC1CCCC1. The molecule has 2 fully saturated rings. The molecular weight excluding hydrogens is 200 g/mol. The average Bonchev–Trinajstić information content (AvgIpc) is 2.90. The number of hydrogen-bond donors (Lipinski definition) is 2. The van der Waals surface area contributed by atoms with Crippen LogP contribution in [-0.2, 0) is 4.79 Å². The number of carbonyl (C=O) groups excluding carboxylic acids is 1. The van der Waals surface area contributed by atoms with Crippen molar-refractivity contribution in [2.24, 2.45) is 0 Å². The summed E-state index contributed by atoms with van der Waals surface area (Å²) in [4.78, 5) is 11.9. The highest BCUT2D eigenvalue weighted by molar-refractivity contribution is 5.81. The van der Waals surface area contributed by atoms with Crippen molar-refractivity contribution in [3.8, 4) is 0 Å². The van der Waals surface area contributed by atoms with E-state index in [0.29, 0.717) is 12.1 Å². The Labute approximate surface area is 98.4 Å². The Balaban J connectivity index is 1.70. The molecule has 1 atom stereocenters. The maximum Gasteiger partial charge on any atom is 0.237 e. The Morgan fingerprint density at radius 1 is 1.00 bits per heavy atom. The second-order valence-electron chi connectivity index (χ2n) is 5.36. The predicted molar refractivity (Wildman–Crippen MR) is 65.3 cm³/mol. The van der Waals surface area contributed by atoms with E-state index < -0.39 is 0 Å². The monoisotopic (exact) mass is 224 g/mol. The van der Waals surface area contributed by atoms with E-state index in [1.54, 1.807) is 0 Å². The van der Waals surface area contributed by atoms with Gasteiger partial charge >= 0.3 is 0 Å². The van der Waals surface area contributed by atoms with Gasteiger partial charge in [-0.3, -0.25) is 4.79 Å². The number of carbonyl (C=O) groups is 1. The Morgan fingerprint density at radius 3 is 2.06 bits per heavy atom. The summed E-state index contributed by atoms with van der Waals surface area (Å²) in [6.45, 7) is 1.99. The van der Waals surface area contributed by atoms with Gasteiger partial charge in [-0.05, 0) is 32.6 Å². The van der Waals surface area contributed by atoms with E-state index in [1.165, 1.54) is 51.4 Å². The van der Waals surface area contributed by atoms with Gasteiger partial charge in [-0.15, -0.1) is 0 Å². The number of nitrogens with one attached hydrogen (secondary N) is 2. The molecule has 0 saturated heterocycles. The highest BCUT2D eigenvalue weighted by Gasteiger charge is 2.23. The molecule has 0 aromatic rings. The van der Waals surface area contributed by atoms with Gasteiger partial charge in [0.1, 0.15) is 0 Å². The van der Waals surface area contributed by atoms with E-state index in [9.17, 15) is 4.79 Å². The van der Waals surface area contributed by atoms with Crippen LogP contribution >= 0.6 is 0 Å². The maximum atomic E-state index is 11.9. The minimum Gasteiger partial charge on any atom is -0.352 e. The highest BCUT2D eigenvalue weighted by atomic mass is 16.2. The number of amides is 1. The second kappa shape index (κ2) is 5.67. The van der Waals surface area contributed by atoms with Crippen molar-refractivity contribution in [1.82, 2.24) is 10.6 Å². The fourth-order valence-corrected chi connectivity index (χ4v) is 2.92. The molecule has 0 aromatic carbocycles. The molecule has 1 unspecified atom stereocenters. The third-order valence-corrected chi connectivity index (χ3v) is 3.94. The van der Waals surface area contributed by atoms with Gasteiger partial charge in [0.25, 0.3) is 0 Å². The molecule has 0 aromatic heterocycles. The van der Waals surface area contributed by atoms with Gasteiger partial charge in [0.05, 0.1) is 6.04 Å². The van der Waals surface area contributed by atoms with Crippen LogP contribution in [0.15, 0.2) is 0 Å². The van der Waals surface area contributed by atoms with Gasteiger partial charge in [-0.25, -0.2) is 0 Å². The summed E-state index contributed by atoms with van der Waals surface area (Å²) in [6, 6.07) is 0.994. The van der Waals surface area contributed by atoms with Crippen LogP contribution in [0.2, 0.25) is 0 Å². The largest absolute Gasteiger partial charge is 0.352 e. The van der Waals surface area contributed by atoms with E-state index in [4.69, 9.17) is 0 Å². The first-order chi connectivity index (χ1) is 7.75. The van der Waals surface area contributed by atoms with Crippen molar-refractivity contribution in [2.45, 2.75) is 76.4 Å². The summed E-state index contributed by atoms with van der Waals surface area (Å²) >= 11 is 0. The normalized spacial score (nSPS) is 24.8. The molecule has 2 aliphatic carbocycles. The average molecular weight is 224 g/mol. The van der Waals surface area contributed by atoms with Gasteiger partial charge in [-0.2, -0.15) is 0 Å². The Hall–Kier alpha value is -0.570. The summed E-state index contributed by atoms with van der Waals surface area (Å²) in [5.74, 6) is 0.193. The summed E-state index contributed by atoms with van der Waals surface area (Å²) < 4.78 is 0. The van der Waals surface area contributed by atoms with Crippen LogP contribution in [0.5, 0.6) is 0 Å². The van der Waals surface area contributed by atoms with E-state index in [1.807, 2.05) is 6.92 Å². The minimum absolute atomic E-state index is 0.0244. The van der Waals surface area contributed by atoms with Crippen molar-refractivity contribution in [3.05, 3.63) is 0 Å². The standard InChI is InChI=1S/C13H24N2O/c1-10(14-11-6-2-3-7-11)13(16)15-12-8-4-5-9-12/h10-12,14H,2-9H2,1H3,(H,15,16). The van der Waals surface area contributed by atoms with Crippen LogP contribution < -0.4 is 10.6 Å². The first-order valence-electron chi connectivity index (χ1n) is 6.82. The first-order valence-corrected chi connectivity index (χ1v) is 6.82. The number of hydrogen-bond acceptors (Lipinski definition) is 2. The Morgan fingerprint density at radius 2 is 1.50 bits per heavy atom. The molecule has 3 nitrogen and oxygen atoms in total. The molecule has 0 radical (unpaired) electrons. The Kier molecular flexibility index (Phi) is 4.22. The molecule has 0 spiro atoms. The smallest absolute Gasteiger partial charge is 0.237 e. The molecule has 2 rings (SSSR count). The van der Waals surface area contributed by atoms with Crippen LogP contribution in [0.25, 0.3) is 0 Å². The third-order valence-electron chi connectivity index (χ3n) is 3.94. The van der Waals surface area contributed by atoms with Gasteiger partial charge in [0.15, 0.2) is 0 Å². The van der Waals surface area contributed by atoms with Crippen molar-refractivity contribution in [1.29, 1.82) is 0 Å². The van der Waals surface area contributed by atoms with Gasteiger partial charge in [-0.1, -0.05) is 25.7 Å². The summed E-state index contributed by atoms with van der Waals surface area (Å²) in [5, 5.41) is 6.59. The third kappa shape index (κ3) is 3.21. The van der Waals surface area contributed by atoms with Crippen LogP contribution in [0.4, 0.5) is 0 Å². The fraction of sp³-hybridized carbons (Fsp3) is 0.923. The molecule has 3 heteroatoms. The number of rotatable bonds is 4. The molecule has 0 aliphatic heterocycles. The molecule has 92 valence electrons.